The molecule has 0 aliphatic rings. The van der Waals surface area contributed by atoms with Crippen LogP contribution in [0.15, 0.2) is 0 Å². The van der Waals surface area contributed by atoms with Crippen molar-refractivity contribution in [3.63, 3.8) is 0 Å². The van der Waals surface area contributed by atoms with Gasteiger partial charge in [0.2, 0.25) is 0 Å². The first-order chi connectivity index (χ1) is 1.73. The molecule has 0 spiro atoms. The Morgan fingerprint density at radius 3 is 1.33 bits per heavy atom. The Hall–Kier alpha value is 0.394. The van der Waals surface area contributed by atoms with Crippen LogP contribution in [0.1, 0.15) is 0 Å². The topological polar surface area (TPSA) is 77.6 Å². The molecule has 37 valence electrons. The molecule has 0 aliphatic heterocycles. The average molecular weight is 135 g/mol. The van der Waals surface area contributed by atoms with Crippen LogP contribution >= 0.6 is 0 Å². The van der Waals surface area contributed by atoms with Gasteiger partial charge >= 0.3 is 17.1 Å². The van der Waals surface area contributed by atoms with E-state index in [1.165, 1.54) is 0 Å². The van der Waals surface area contributed by atoms with Crippen molar-refractivity contribution in [3.05, 3.63) is 0 Å². The third-order valence-electron chi connectivity index (χ3n) is 0. The van der Waals surface area contributed by atoms with Crippen LogP contribution in [-0.4, -0.2) is 12.9 Å². The van der Waals surface area contributed by atoms with Gasteiger partial charge in [-0.25, -0.2) is 0 Å². The molecular formula is H2BFMnO3. The second-order valence-electron chi connectivity index (χ2n) is 0.274. The van der Waals surface area contributed by atoms with Crippen LogP contribution in [0.25, 0.3) is 0 Å². The Kier molecular flexibility index (Phi) is 24.3. The van der Waals surface area contributed by atoms with Crippen LogP contribution in [0.2, 0.25) is 0 Å². The summed E-state index contributed by atoms with van der Waals surface area (Å²) in [5, 5.41) is 16.6. The zero-order valence-electron chi connectivity index (χ0n) is 2.65. The molecule has 0 aliphatic carbocycles. The molecule has 0 heterocycles. The van der Waals surface area contributed by atoms with Crippen molar-refractivity contribution in [2.24, 2.45) is 0 Å². The Morgan fingerprint density at radius 1 is 1.33 bits per heavy atom. The fourth-order valence-corrected chi connectivity index (χ4v) is 0. The van der Waals surface area contributed by atoms with Crippen molar-refractivity contribution < 1.29 is 36.9 Å². The molecule has 2 N–H and O–H groups in total. The molecule has 0 saturated carbocycles. The normalized spacial score (nSPS) is 4.50. The van der Waals surface area contributed by atoms with Crippen molar-refractivity contribution in [1.82, 2.24) is 0 Å². The van der Waals surface area contributed by atoms with Gasteiger partial charge in [0.25, 0.3) is 0 Å². The zero-order chi connectivity index (χ0) is 3.58. The zero-order valence-corrected chi connectivity index (χ0v) is 3.83. The van der Waals surface area contributed by atoms with Gasteiger partial charge in [-0.2, -0.15) is 0 Å². The van der Waals surface area contributed by atoms with Gasteiger partial charge in [0.1, 0.15) is 7.40 Å². The van der Waals surface area contributed by atoms with E-state index < -0.39 is 7.40 Å². The summed E-state index contributed by atoms with van der Waals surface area (Å²) in [7, 11) is -3.17. The molecule has 0 amide bonds. The van der Waals surface area contributed by atoms with Gasteiger partial charge in [0.05, 0.1) is 0 Å². The minimum absolute atomic E-state index is 0. The van der Waals surface area contributed by atoms with Gasteiger partial charge in [-0.05, 0) is 0 Å². The van der Waals surface area contributed by atoms with Crippen LogP contribution in [0.5, 0.6) is 0 Å². The molecule has 0 bridgehead atoms. The van der Waals surface area contributed by atoms with E-state index in [4.69, 9.17) is 10.0 Å². The maximum atomic E-state index is 9.89. The van der Waals surface area contributed by atoms with Gasteiger partial charge < -0.3 is 19.8 Å². The van der Waals surface area contributed by atoms with Gasteiger partial charge in [-0.1, -0.05) is 0 Å². The minimum atomic E-state index is -3.17. The monoisotopic (exact) mass is 135 g/mol. The molecule has 6 heteroatoms. The summed E-state index contributed by atoms with van der Waals surface area (Å²) in [6.07, 6.45) is 0. The molecule has 0 atom stereocenters. The molecule has 1 radical (unpaired) electrons. The minimum Gasteiger partial charge on any atom is -0.867 e. The summed E-state index contributed by atoms with van der Waals surface area (Å²) in [4.78, 5) is 0. The summed E-state index contributed by atoms with van der Waals surface area (Å²) in [6.45, 7) is 0. The fraction of sp³-hybridized carbons (Fsp3) is 0. The van der Waals surface area contributed by atoms with Crippen molar-refractivity contribution >= 4 is 7.40 Å². The van der Waals surface area contributed by atoms with Gasteiger partial charge in [0, 0.05) is 0 Å². The van der Waals surface area contributed by atoms with Crippen LogP contribution in [0, 0.1) is 0 Å². The average Bonchev–Trinajstić information content (AvgIpc) is 0.811. The standard InChI is InChI=1S/BFO2.Mn.H2O/c2-1(3)4;;/h;;1H2/q-2;+2;. The molecule has 0 unspecified atom stereocenters. The molecule has 0 fully saturated rings. The molecule has 6 heavy (non-hydrogen) atoms. The van der Waals surface area contributed by atoms with E-state index in [0.717, 1.165) is 0 Å². The van der Waals surface area contributed by atoms with Crippen LogP contribution in [0.4, 0.5) is 4.32 Å². The van der Waals surface area contributed by atoms with E-state index in [9.17, 15) is 4.32 Å². The number of halogens is 1. The summed E-state index contributed by atoms with van der Waals surface area (Å²) < 4.78 is 9.89. The number of hydrogen-bond donors (Lipinski definition) is 0. The summed E-state index contributed by atoms with van der Waals surface area (Å²) in [6, 6.07) is 0. The quantitative estimate of drug-likeness (QED) is 0.328. The molecular weight excluding hydrogens is 133 g/mol. The van der Waals surface area contributed by atoms with E-state index in [1.54, 1.807) is 0 Å². The van der Waals surface area contributed by atoms with Crippen LogP contribution in [0.3, 0.4) is 0 Å². The Balaban J connectivity index is -0.0000000450. The Bertz CT molecular complexity index is 15.5. The van der Waals surface area contributed by atoms with Crippen molar-refractivity contribution in [2.45, 2.75) is 0 Å². The molecule has 0 rings (SSSR count). The van der Waals surface area contributed by atoms with E-state index >= 15 is 0 Å². The van der Waals surface area contributed by atoms with E-state index in [-0.39, 0.29) is 22.5 Å². The molecule has 0 aromatic rings. The Labute approximate surface area is 45.1 Å². The molecule has 3 nitrogen and oxygen atoms in total. The predicted octanol–water partition coefficient (Wildman–Crippen LogP) is -3.17. The third-order valence-corrected chi connectivity index (χ3v) is 0. The largest absolute Gasteiger partial charge is 2.00 e. The number of rotatable bonds is 0. The van der Waals surface area contributed by atoms with Crippen LogP contribution < -0.4 is 10.0 Å². The summed E-state index contributed by atoms with van der Waals surface area (Å²) in [5.74, 6) is 0. The maximum absolute atomic E-state index is 9.89. The van der Waals surface area contributed by atoms with Gasteiger partial charge in [-0.3, -0.25) is 0 Å². The first kappa shape index (κ1) is 16.1. The summed E-state index contributed by atoms with van der Waals surface area (Å²) >= 11 is 0. The fourth-order valence-electron chi connectivity index (χ4n) is 0. The van der Waals surface area contributed by atoms with Crippen LogP contribution in [-0.2, 0) is 17.1 Å². The van der Waals surface area contributed by atoms with Crippen molar-refractivity contribution in [3.8, 4) is 0 Å². The first-order valence-electron chi connectivity index (χ1n) is 0.690. The predicted molar refractivity (Wildman–Crippen MR) is 10.5 cm³/mol. The Morgan fingerprint density at radius 2 is 1.33 bits per heavy atom. The van der Waals surface area contributed by atoms with E-state index in [0.29, 0.717) is 0 Å². The van der Waals surface area contributed by atoms with Gasteiger partial charge in [0.15, 0.2) is 0 Å². The van der Waals surface area contributed by atoms with Crippen molar-refractivity contribution in [2.75, 3.05) is 0 Å². The molecule has 0 aromatic heterocycles. The van der Waals surface area contributed by atoms with E-state index in [2.05, 4.69) is 0 Å². The second kappa shape index (κ2) is 9.04. The SMILES string of the molecule is O.[Mn+2].[O-]B([O-])F. The first-order valence-corrected chi connectivity index (χ1v) is 0.690. The molecule has 0 saturated heterocycles. The second-order valence-corrected chi connectivity index (χ2v) is 0.274. The van der Waals surface area contributed by atoms with Crippen molar-refractivity contribution in [1.29, 1.82) is 0 Å². The smallest absolute Gasteiger partial charge is 0.867 e. The number of hydrogen-bond acceptors (Lipinski definition) is 2. The maximum Gasteiger partial charge on any atom is 2.00 e. The molecule has 0 aromatic carbocycles. The van der Waals surface area contributed by atoms with E-state index in [1.807, 2.05) is 0 Å². The van der Waals surface area contributed by atoms with Gasteiger partial charge in [-0.15, -0.1) is 0 Å². The summed E-state index contributed by atoms with van der Waals surface area (Å²) in [5.41, 5.74) is 0. The third kappa shape index (κ3) is 325.